The number of rotatable bonds is 7. The van der Waals surface area contributed by atoms with Gasteiger partial charge in [-0.25, -0.2) is 9.59 Å². The summed E-state index contributed by atoms with van der Waals surface area (Å²) in [6.07, 6.45) is 4.95. The fourth-order valence-corrected chi connectivity index (χ4v) is 6.58. The van der Waals surface area contributed by atoms with Gasteiger partial charge >= 0.3 is 17.9 Å². The molecule has 3 heterocycles. The van der Waals surface area contributed by atoms with Gasteiger partial charge in [-0.05, 0) is 54.3 Å². The van der Waals surface area contributed by atoms with Crippen molar-refractivity contribution < 1.29 is 33.4 Å². The van der Waals surface area contributed by atoms with Gasteiger partial charge in [0.25, 0.3) is 0 Å². The third-order valence-corrected chi connectivity index (χ3v) is 8.24. The predicted octanol–water partition coefficient (Wildman–Crippen LogP) is 4.55. The Morgan fingerprint density at radius 2 is 1.76 bits per heavy atom. The van der Waals surface area contributed by atoms with Crippen molar-refractivity contribution in [2.24, 2.45) is 5.92 Å². The third kappa shape index (κ3) is 4.13. The van der Waals surface area contributed by atoms with Crippen LogP contribution in [-0.2, 0) is 38.8 Å². The highest BCUT2D eigenvalue weighted by Crippen LogP contribution is 2.62. The zero-order valence-corrected chi connectivity index (χ0v) is 24.1. The van der Waals surface area contributed by atoms with Crippen molar-refractivity contribution in [3.63, 3.8) is 0 Å². The molecule has 0 aliphatic carbocycles. The highest BCUT2D eigenvalue weighted by atomic mass is 35.5. The maximum absolute atomic E-state index is 15.1. The lowest BCUT2D eigenvalue weighted by Crippen LogP contribution is -2.61. The lowest BCUT2D eigenvalue weighted by atomic mass is 9.58. The molecule has 0 fully saturated rings. The molecule has 0 saturated carbocycles. The summed E-state index contributed by atoms with van der Waals surface area (Å²) in [6, 6.07) is 11.6. The monoisotopic (exact) mass is 578 g/mol. The van der Waals surface area contributed by atoms with Gasteiger partial charge < -0.3 is 24.0 Å². The second-order valence-electron chi connectivity index (χ2n) is 10.0. The van der Waals surface area contributed by atoms with Crippen molar-refractivity contribution in [3.8, 4) is 0 Å². The van der Waals surface area contributed by atoms with E-state index in [1.807, 2.05) is 31.2 Å². The maximum Gasteiger partial charge on any atom is 0.355 e. The molecule has 0 bridgehead atoms. The fraction of sp³-hybridized carbons (Fsp3) is 0.355. The number of hydrogen-bond donors (Lipinski definition) is 0. The number of anilines is 1. The summed E-state index contributed by atoms with van der Waals surface area (Å²) >= 11 is 6.57. The number of halogens is 1. The molecule has 41 heavy (non-hydrogen) atoms. The lowest BCUT2D eigenvalue weighted by Gasteiger charge is -2.52. The van der Waals surface area contributed by atoms with Gasteiger partial charge in [0.2, 0.25) is 5.91 Å². The molecular formula is C31H31ClN2O7. The van der Waals surface area contributed by atoms with E-state index in [1.165, 1.54) is 7.11 Å². The highest BCUT2D eigenvalue weighted by molar-refractivity contribution is 6.31. The van der Waals surface area contributed by atoms with Crippen LogP contribution in [0.3, 0.4) is 0 Å². The van der Waals surface area contributed by atoms with Crippen LogP contribution in [-0.4, -0.2) is 56.1 Å². The van der Waals surface area contributed by atoms with Crippen LogP contribution in [0.5, 0.6) is 0 Å². The first-order valence-electron chi connectivity index (χ1n) is 13.5. The Bertz CT molecular complexity index is 1500. The highest BCUT2D eigenvalue weighted by Gasteiger charge is 2.69. The van der Waals surface area contributed by atoms with Crippen molar-refractivity contribution in [1.29, 1.82) is 0 Å². The lowest BCUT2D eigenvalue weighted by molar-refractivity contribution is -0.158. The van der Waals surface area contributed by atoms with Crippen LogP contribution in [0.1, 0.15) is 49.4 Å². The Morgan fingerprint density at radius 1 is 1.02 bits per heavy atom. The van der Waals surface area contributed by atoms with Crippen molar-refractivity contribution in [2.45, 2.75) is 38.1 Å². The average Bonchev–Trinajstić information content (AvgIpc) is 3.21. The molecule has 1 spiro atoms. The summed E-state index contributed by atoms with van der Waals surface area (Å²) in [5.74, 6) is -4.59. The summed E-state index contributed by atoms with van der Waals surface area (Å²) in [5, 5.41) is 0.351. The smallest absolute Gasteiger partial charge is 0.355 e. The van der Waals surface area contributed by atoms with Crippen LogP contribution in [0.2, 0.25) is 5.02 Å². The number of carbonyl (C=O) groups excluding carboxylic acids is 4. The molecule has 10 heteroatoms. The van der Waals surface area contributed by atoms with Crippen LogP contribution < -0.4 is 4.90 Å². The number of amides is 1. The number of hydrogen-bond acceptors (Lipinski definition) is 8. The first kappa shape index (κ1) is 28.4. The quantitative estimate of drug-likeness (QED) is 0.348. The van der Waals surface area contributed by atoms with Crippen LogP contribution >= 0.6 is 11.6 Å². The molecule has 5 rings (SSSR count). The summed E-state index contributed by atoms with van der Waals surface area (Å²) in [5.41, 5.74) is 0.282. The van der Waals surface area contributed by atoms with Crippen LogP contribution in [0.25, 0.3) is 6.08 Å². The van der Waals surface area contributed by atoms with E-state index in [1.54, 1.807) is 47.2 Å². The number of carbonyl (C=O) groups is 4. The molecule has 0 radical (unpaired) electrons. The molecule has 3 aliphatic rings. The Balaban J connectivity index is 1.98. The van der Waals surface area contributed by atoms with E-state index in [0.29, 0.717) is 34.8 Å². The van der Waals surface area contributed by atoms with Gasteiger partial charge in [-0.15, -0.1) is 0 Å². The average molecular weight is 579 g/mol. The van der Waals surface area contributed by atoms with Gasteiger partial charge in [0, 0.05) is 23.5 Å². The summed E-state index contributed by atoms with van der Waals surface area (Å²) in [4.78, 5) is 59.5. The van der Waals surface area contributed by atoms with Crippen molar-refractivity contribution in [3.05, 3.63) is 81.6 Å². The molecule has 0 saturated heterocycles. The Hall–Kier alpha value is -4.11. The molecule has 2 aromatic carbocycles. The molecule has 214 valence electrons. The summed E-state index contributed by atoms with van der Waals surface area (Å²) < 4.78 is 15.8. The maximum atomic E-state index is 15.1. The number of esters is 3. The van der Waals surface area contributed by atoms with Crippen LogP contribution in [0.4, 0.5) is 5.69 Å². The molecule has 3 aliphatic heterocycles. The Labute approximate surface area is 243 Å². The van der Waals surface area contributed by atoms with Crippen LogP contribution in [0.15, 0.2) is 59.9 Å². The first-order valence-corrected chi connectivity index (χ1v) is 13.9. The SMILES string of the molecule is CCCCN1C(=O)[C@]2(c3cc(Cl)ccc31)C(C(=O)OCC)C(C(=O)OC)=C(C(=O)OC)N1C=Cc3ccccc3[C@H]12. The molecule has 0 aromatic heterocycles. The van der Waals surface area contributed by atoms with Gasteiger partial charge in [0.15, 0.2) is 0 Å². The zero-order valence-electron chi connectivity index (χ0n) is 23.3. The van der Waals surface area contributed by atoms with Gasteiger partial charge in [-0.3, -0.25) is 9.59 Å². The summed E-state index contributed by atoms with van der Waals surface area (Å²) in [7, 11) is 2.34. The number of nitrogens with zero attached hydrogens (tertiary/aromatic N) is 2. The summed E-state index contributed by atoms with van der Waals surface area (Å²) in [6.45, 7) is 4.02. The normalized spacial score (nSPS) is 22.3. The van der Waals surface area contributed by atoms with Crippen molar-refractivity contribution >= 4 is 47.2 Å². The van der Waals surface area contributed by atoms with E-state index >= 15 is 4.79 Å². The number of benzene rings is 2. The Morgan fingerprint density at radius 3 is 2.44 bits per heavy atom. The van der Waals surface area contributed by atoms with Gasteiger partial charge in [-0.2, -0.15) is 0 Å². The van der Waals surface area contributed by atoms with E-state index in [-0.39, 0.29) is 17.9 Å². The number of fused-ring (bicyclic) bond motifs is 6. The predicted molar refractivity (Wildman–Crippen MR) is 152 cm³/mol. The van der Waals surface area contributed by atoms with Gasteiger partial charge in [-0.1, -0.05) is 49.2 Å². The topological polar surface area (TPSA) is 102 Å². The molecule has 0 N–H and O–H groups in total. The second kappa shape index (κ2) is 11.0. The van der Waals surface area contributed by atoms with Gasteiger partial charge in [0.05, 0.1) is 32.4 Å². The van der Waals surface area contributed by atoms with Gasteiger partial charge in [0.1, 0.15) is 17.0 Å². The number of unbranched alkanes of at least 4 members (excludes halogenated alkanes) is 1. The minimum atomic E-state index is -1.75. The molecule has 2 aromatic rings. The first-order chi connectivity index (χ1) is 19.8. The number of methoxy groups -OCH3 is 2. The largest absolute Gasteiger partial charge is 0.466 e. The van der Waals surface area contributed by atoms with E-state index in [4.69, 9.17) is 25.8 Å². The molecule has 9 nitrogen and oxygen atoms in total. The van der Waals surface area contributed by atoms with E-state index in [2.05, 4.69) is 0 Å². The third-order valence-electron chi connectivity index (χ3n) is 8.01. The van der Waals surface area contributed by atoms with Crippen LogP contribution in [0, 0.1) is 5.92 Å². The van der Waals surface area contributed by atoms with E-state index in [9.17, 15) is 14.4 Å². The minimum Gasteiger partial charge on any atom is -0.466 e. The fourth-order valence-electron chi connectivity index (χ4n) is 6.41. The second-order valence-corrected chi connectivity index (χ2v) is 10.5. The van der Waals surface area contributed by atoms with E-state index < -0.39 is 41.2 Å². The standard InChI is InChI=1S/C31H31ClN2O7/c1-5-7-15-33-22-13-12-19(32)17-21(22)31(30(33)38)24(28(36)41-6-2)23(27(35)39-3)25(29(37)40-4)34-16-14-18-10-8-9-11-20(18)26(31)34/h8-14,16-17,24,26H,5-7,15H2,1-4H3/t24?,26-,31+/m0/s1. The molecular weight excluding hydrogens is 548 g/mol. The van der Waals surface area contributed by atoms with Crippen molar-refractivity contribution in [1.82, 2.24) is 4.90 Å². The zero-order chi connectivity index (χ0) is 29.5. The molecule has 1 amide bonds. The number of ether oxygens (including phenoxy) is 3. The minimum absolute atomic E-state index is 0.0194. The van der Waals surface area contributed by atoms with E-state index in [0.717, 1.165) is 19.1 Å². The Kier molecular flexibility index (Phi) is 7.66. The van der Waals surface area contributed by atoms with Crippen molar-refractivity contribution in [2.75, 3.05) is 32.3 Å². The molecule has 1 unspecified atom stereocenters. The molecule has 3 atom stereocenters.